The highest BCUT2D eigenvalue weighted by Gasteiger charge is 2.10. The van der Waals surface area contributed by atoms with E-state index in [2.05, 4.69) is 10.2 Å². The second-order valence-corrected chi connectivity index (χ2v) is 2.54. The van der Waals surface area contributed by atoms with Crippen LogP contribution in [0.1, 0.15) is 10.5 Å². The first kappa shape index (κ1) is 7.85. The SMILES string of the molecule is O=Cc1[nH]nc2c(F)cc(F)cc12. The summed E-state index contributed by atoms with van der Waals surface area (Å²) in [5.74, 6) is -1.51. The largest absolute Gasteiger partial charge is 0.296 e. The maximum Gasteiger partial charge on any atom is 0.168 e. The molecule has 3 nitrogen and oxygen atoms in total. The Morgan fingerprint density at radius 2 is 2.15 bits per heavy atom. The van der Waals surface area contributed by atoms with E-state index in [4.69, 9.17) is 0 Å². The number of H-pyrrole nitrogens is 1. The predicted molar refractivity (Wildman–Crippen MR) is 41.4 cm³/mol. The minimum atomic E-state index is -0.778. The second-order valence-electron chi connectivity index (χ2n) is 2.54. The van der Waals surface area contributed by atoms with Crippen LogP contribution in [0.15, 0.2) is 12.1 Å². The summed E-state index contributed by atoms with van der Waals surface area (Å²) < 4.78 is 25.7. The van der Waals surface area contributed by atoms with Gasteiger partial charge in [-0.1, -0.05) is 0 Å². The Kier molecular flexibility index (Phi) is 1.58. The number of halogens is 2. The Hall–Kier alpha value is -1.78. The Morgan fingerprint density at radius 1 is 1.38 bits per heavy atom. The summed E-state index contributed by atoms with van der Waals surface area (Å²) >= 11 is 0. The lowest BCUT2D eigenvalue weighted by Gasteiger charge is -1.91. The molecule has 0 bridgehead atoms. The molecule has 13 heavy (non-hydrogen) atoms. The van der Waals surface area contributed by atoms with Crippen LogP contribution in [-0.2, 0) is 0 Å². The Labute approximate surface area is 71.4 Å². The van der Waals surface area contributed by atoms with Gasteiger partial charge in [-0.2, -0.15) is 5.10 Å². The van der Waals surface area contributed by atoms with E-state index in [1.807, 2.05) is 0 Å². The van der Waals surface area contributed by atoms with Gasteiger partial charge in [-0.3, -0.25) is 9.89 Å². The number of benzene rings is 1. The molecule has 1 heterocycles. The second kappa shape index (κ2) is 2.62. The van der Waals surface area contributed by atoms with Crippen LogP contribution >= 0.6 is 0 Å². The molecule has 0 unspecified atom stereocenters. The Morgan fingerprint density at radius 3 is 2.85 bits per heavy atom. The molecule has 0 saturated heterocycles. The molecule has 66 valence electrons. The lowest BCUT2D eigenvalue weighted by Crippen LogP contribution is -1.83. The quantitative estimate of drug-likeness (QED) is 0.681. The molecule has 0 amide bonds. The van der Waals surface area contributed by atoms with Gasteiger partial charge in [-0.05, 0) is 6.07 Å². The van der Waals surface area contributed by atoms with E-state index in [-0.39, 0.29) is 16.6 Å². The van der Waals surface area contributed by atoms with Gasteiger partial charge in [0.2, 0.25) is 0 Å². The van der Waals surface area contributed by atoms with Crippen LogP contribution < -0.4 is 0 Å². The van der Waals surface area contributed by atoms with Crippen molar-refractivity contribution in [1.82, 2.24) is 10.2 Å². The molecule has 2 aromatic rings. The van der Waals surface area contributed by atoms with E-state index >= 15 is 0 Å². The number of carbonyl (C=O) groups excluding carboxylic acids is 1. The fourth-order valence-corrected chi connectivity index (χ4v) is 1.15. The topological polar surface area (TPSA) is 45.8 Å². The zero-order valence-electron chi connectivity index (χ0n) is 6.34. The first-order valence-corrected chi connectivity index (χ1v) is 3.50. The number of aromatic amines is 1. The van der Waals surface area contributed by atoms with E-state index in [1.165, 1.54) is 0 Å². The molecule has 1 N–H and O–H groups in total. The fraction of sp³-hybridized carbons (Fsp3) is 0. The molecular formula is C8H4F2N2O. The maximum atomic E-state index is 13.0. The minimum Gasteiger partial charge on any atom is -0.296 e. The summed E-state index contributed by atoms with van der Waals surface area (Å²) in [5, 5.41) is 6.00. The molecule has 5 heteroatoms. The molecule has 1 aromatic heterocycles. The number of aldehydes is 1. The van der Waals surface area contributed by atoms with Crippen molar-refractivity contribution in [1.29, 1.82) is 0 Å². The average Bonchev–Trinajstić information content (AvgIpc) is 2.47. The van der Waals surface area contributed by atoms with Gasteiger partial charge in [0.1, 0.15) is 17.0 Å². The summed E-state index contributed by atoms with van der Waals surface area (Å²) in [6.07, 6.45) is 0.466. The van der Waals surface area contributed by atoms with Gasteiger partial charge < -0.3 is 0 Å². The van der Waals surface area contributed by atoms with Gasteiger partial charge in [-0.25, -0.2) is 8.78 Å². The molecular weight excluding hydrogens is 178 g/mol. The van der Waals surface area contributed by atoms with Crippen LogP contribution in [0, 0.1) is 11.6 Å². The number of carbonyl (C=O) groups is 1. The van der Waals surface area contributed by atoms with Crippen LogP contribution in [0.4, 0.5) is 8.78 Å². The Bertz CT molecular complexity index is 478. The van der Waals surface area contributed by atoms with E-state index in [0.717, 1.165) is 12.1 Å². The molecule has 0 fully saturated rings. The van der Waals surface area contributed by atoms with Gasteiger partial charge >= 0.3 is 0 Å². The number of nitrogens with one attached hydrogen (secondary N) is 1. The van der Waals surface area contributed by atoms with Gasteiger partial charge in [0.05, 0.1) is 0 Å². The third kappa shape index (κ3) is 1.09. The lowest BCUT2D eigenvalue weighted by molar-refractivity contribution is 0.112. The zero-order chi connectivity index (χ0) is 9.42. The van der Waals surface area contributed by atoms with Crippen molar-refractivity contribution in [3.63, 3.8) is 0 Å². The van der Waals surface area contributed by atoms with Crippen molar-refractivity contribution in [3.05, 3.63) is 29.5 Å². The van der Waals surface area contributed by atoms with Crippen LogP contribution in [0.5, 0.6) is 0 Å². The number of nitrogens with zero attached hydrogens (tertiary/aromatic N) is 1. The summed E-state index contributed by atoms with van der Waals surface area (Å²) in [6.45, 7) is 0. The Balaban J connectivity index is 2.89. The van der Waals surface area contributed by atoms with Crippen molar-refractivity contribution in [3.8, 4) is 0 Å². The van der Waals surface area contributed by atoms with Crippen LogP contribution in [0.2, 0.25) is 0 Å². The molecule has 0 spiro atoms. The summed E-state index contributed by atoms with van der Waals surface area (Å²) in [5.41, 5.74) is 0.0527. The fourth-order valence-electron chi connectivity index (χ4n) is 1.15. The maximum absolute atomic E-state index is 13.0. The highest BCUT2D eigenvalue weighted by atomic mass is 19.1. The van der Waals surface area contributed by atoms with Gasteiger partial charge in [0, 0.05) is 11.5 Å². The highest BCUT2D eigenvalue weighted by molar-refractivity contribution is 5.94. The van der Waals surface area contributed by atoms with Crippen molar-refractivity contribution in [2.75, 3.05) is 0 Å². The predicted octanol–water partition coefficient (Wildman–Crippen LogP) is 1.65. The molecule has 2 rings (SSSR count). The lowest BCUT2D eigenvalue weighted by atomic mass is 10.2. The monoisotopic (exact) mass is 182 g/mol. The van der Waals surface area contributed by atoms with Crippen molar-refractivity contribution in [2.24, 2.45) is 0 Å². The minimum absolute atomic E-state index is 0.0245. The molecule has 0 aliphatic heterocycles. The molecule has 1 aromatic carbocycles. The van der Waals surface area contributed by atoms with Crippen molar-refractivity contribution >= 4 is 17.2 Å². The average molecular weight is 182 g/mol. The number of aromatic nitrogens is 2. The molecule has 0 saturated carbocycles. The van der Waals surface area contributed by atoms with E-state index < -0.39 is 11.6 Å². The highest BCUT2D eigenvalue weighted by Crippen LogP contribution is 2.19. The van der Waals surface area contributed by atoms with Crippen molar-refractivity contribution in [2.45, 2.75) is 0 Å². The van der Waals surface area contributed by atoms with Gasteiger partial charge in [0.25, 0.3) is 0 Å². The van der Waals surface area contributed by atoms with Crippen LogP contribution in [0.25, 0.3) is 10.9 Å². The number of hydrogen-bond acceptors (Lipinski definition) is 2. The molecule has 0 aliphatic rings. The number of rotatable bonds is 1. The first-order valence-electron chi connectivity index (χ1n) is 3.50. The zero-order valence-corrected chi connectivity index (χ0v) is 6.34. The summed E-state index contributed by atoms with van der Waals surface area (Å²) in [6, 6.07) is 1.78. The number of hydrogen-bond donors (Lipinski definition) is 1. The molecule has 0 aliphatic carbocycles. The van der Waals surface area contributed by atoms with Crippen LogP contribution in [-0.4, -0.2) is 16.5 Å². The molecule has 0 radical (unpaired) electrons. The molecule has 0 atom stereocenters. The first-order chi connectivity index (χ1) is 6.22. The van der Waals surface area contributed by atoms with Crippen LogP contribution in [0.3, 0.4) is 0 Å². The third-order valence-corrected chi connectivity index (χ3v) is 1.72. The van der Waals surface area contributed by atoms with Gasteiger partial charge in [0.15, 0.2) is 12.1 Å². The third-order valence-electron chi connectivity index (χ3n) is 1.72. The van der Waals surface area contributed by atoms with Crippen molar-refractivity contribution < 1.29 is 13.6 Å². The normalized spacial score (nSPS) is 10.6. The van der Waals surface area contributed by atoms with E-state index in [0.29, 0.717) is 6.29 Å². The number of fused-ring (bicyclic) bond motifs is 1. The summed E-state index contributed by atoms with van der Waals surface area (Å²) in [7, 11) is 0. The van der Waals surface area contributed by atoms with E-state index in [9.17, 15) is 13.6 Å². The smallest absolute Gasteiger partial charge is 0.168 e. The van der Waals surface area contributed by atoms with E-state index in [1.54, 1.807) is 0 Å². The standard InChI is InChI=1S/C8H4F2N2O/c9-4-1-5-7(3-13)11-12-8(5)6(10)2-4/h1-3H,(H,11,12). The van der Waals surface area contributed by atoms with Gasteiger partial charge in [-0.15, -0.1) is 0 Å². The summed E-state index contributed by atoms with van der Waals surface area (Å²) in [4.78, 5) is 10.4.